The van der Waals surface area contributed by atoms with E-state index in [2.05, 4.69) is 34.6 Å². The van der Waals surface area contributed by atoms with E-state index in [0.29, 0.717) is 19.3 Å². The molecule has 0 aromatic carbocycles. The van der Waals surface area contributed by atoms with Crippen molar-refractivity contribution in [2.75, 3.05) is 13.2 Å². The predicted octanol–water partition coefficient (Wildman–Crippen LogP) is 11.8. The second-order valence-electron chi connectivity index (χ2n) is 14.5. The van der Waals surface area contributed by atoms with Crippen LogP contribution in [0.3, 0.4) is 0 Å². The third-order valence-corrected chi connectivity index (χ3v) is 8.72. The van der Waals surface area contributed by atoms with E-state index in [1.165, 1.54) is 96.3 Å². The Hall–Kier alpha value is -1.59. The zero-order valence-corrected chi connectivity index (χ0v) is 31.2. The molecule has 0 aliphatic carbocycles. The summed E-state index contributed by atoms with van der Waals surface area (Å²) >= 11 is 0. The number of esters is 3. The van der Waals surface area contributed by atoms with E-state index in [-0.39, 0.29) is 31.1 Å². The van der Waals surface area contributed by atoms with Crippen molar-refractivity contribution in [2.45, 2.75) is 214 Å². The maximum Gasteiger partial charge on any atom is 0.306 e. The molecule has 6 nitrogen and oxygen atoms in total. The van der Waals surface area contributed by atoms with Crippen LogP contribution >= 0.6 is 0 Å². The molecule has 272 valence electrons. The Kier molecular flexibility index (Phi) is 32.2. The van der Waals surface area contributed by atoms with Gasteiger partial charge in [-0.3, -0.25) is 14.4 Å². The van der Waals surface area contributed by atoms with Gasteiger partial charge in [-0.15, -0.1) is 0 Å². The predicted molar refractivity (Wildman–Crippen MR) is 192 cm³/mol. The molecule has 0 saturated heterocycles. The summed E-state index contributed by atoms with van der Waals surface area (Å²) in [4.78, 5) is 37.3. The molecule has 46 heavy (non-hydrogen) atoms. The second kappa shape index (κ2) is 33.3. The van der Waals surface area contributed by atoms with E-state index >= 15 is 0 Å². The standard InChI is InChI=1S/C40H76O6/c1-6-7-8-9-13-22-27-32-40(43)46-37(34-45-39(42)31-26-21-17-16-19-24-29-36(4)5)33-44-38(41)30-25-20-15-12-10-11-14-18-23-28-35(2)3/h35-37H,6-34H2,1-5H3/t37-/m0/s1. The van der Waals surface area contributed by atoms with E-state index in [0.717, 1.165) is 69.6 Å². The van der Waals surface area contributed by atoms with Gasteiger partial charge in [-0.05, 0) is 31.1 Å². The van der Waals surface area contributed by atoms with Crippen LogP contribution in [0.2, 0.25) is 0 Å². The van der Waals surface area contributed by atoms with Crippen molar-refractivity contribution in [1.82, 2.24) is 0 Å². The van der Waals surface area contributed by atoms with E-state index in [4.69, 9.17) is 14.2 Å². The van der Waals surface area contributed by atoms with Gasteiger partial charge in [0.2, 0.25) is 0 Å². The first-order chi connectivity index (χ1) is 22.2. The van der Waals surface area contributed by atoms with Crippen molar-refractivity contribution >= 4 is 17.9 Å². The fourth-order valence-electron chi connectivity index (χ4n) is 5.69. The Morgan fingerprint density at radius 3 is 1.07 bits per heavy atom. The zero-order valence-electron chi connectivity index (χ0n) is 31.2. The van der Waals surface area contributed by atoms with Gasteiger partial charge in [-0.25, -0.2) is 0 Å². The summed E-state index contributed by atoms with van der Waals surface area (Å²) in [5.41, 5.74) is 0. The number of carbonyl (C=O) groups is 3. The molecule has 0 saturated carbocycles. The first-order valence-corrected chi connectivity index (χ1v) is 19.7. The highest BCUT2D eigenvalue weighted by molar-refractivity contribution is 5.71. The Bertz CT molecular complexity index is 704. The molecule has 0 rings (SSSR count). The zero-order chi connectivity index (χ0) is 34.1. The first-order valence-electron chi connectivity index (χ1n) is 19.7. The number of hydrogen-bond donors (Lipinski definition) is 0. The minimum atomic E-state index is -0.758. The number of unbranched alkanes of at least 4 members (excludes halogenated alkanes) is 19. The van der Waals surface area contributed by atoms with Crippen LogP contribution in [0.15, 0.2) is 0 Å². The van der Waals surface area contributed by atoms with Gasteiger partial charge in [0, 0.05) is 19.3 Å². The lowest BCUT2D eigenvalue weighted by Crippen LogP contribution is -2.30. The summed E-state index contributed by atoms with van der Waals surface area (Å²) in [6.45, 7) is 11.2. The van der Waals surface area contributed by atoms with Crippen LogP contribution in [-0.4, -0.2) is 37.2 Å². The maximum absolute atomic E-state index is 12.5. The minimum Gasteiger partial charge on any atom is -0.462 e. The van der Waals surface area contributed by atoms with Crippen LogP contribution in [0.5, 0.6) is 0 Å². The van der Waals surface area contributed by atoms with Crippen molar-refractivity contribution in [3.05, 3.63) is 0 Å². The number of rotatable bonds is 34. The summed E-state index contributed by atoms with van der Waals surface area (Å²) in [6.07, 6.45) is 28.3. The molecule has 0 aliphatic heterocycles. The first kappa shape index (κ1) is 44.4. The molecule has 0 heterocycles. The average Bonchev–Trinajstić information content (AvgIpc) is 3.01. The molecule has 1 atom stereocenters. The van der Waals surface area contributed by atoms with Crippen molar-refractivity contribution < 1.29 is 28.6 Å². The van der Waals surface area contributed by atoms with Gasteiger partial charge in [-0.2, -0.15) is 0 Å². The fourth-order valence-corrected chi connectivity index (χ4v) is 5.69. The Balaban J connectivity index is 4.31. The molecule has 0 spiro atoms. The molecular formula is C40H76O6. The highest BCUT2D eigenvalue weighted by atomic mass is 16.6. The molecule has 6 heteroatoms. The van der Waals surface area contributed by atoms with Gasteiger partial charge in [0.25, 0.3) is 0 Å². The quantitative estimate of drug-likeness (QED) is 0.0391. The molecule has 0 bridgehead atoms. The van der Waals surface area contributed by atoms with Crippen molar-refractivity contribution in [2.24, 2.45) is 11.8 Å². The van der Waals surface area contributed by atoms with Gasteiger partial charge >= 0.3 is 17.9 Å². The monoisotopic (exact) mass is 653 g/mol. The number of carbonyl (C=O) groups excluding carboxylic acids is 3. The fraction of sp³-hybridized carbons (Fsp3) is 0.925. The Labute approximate surface area is 285 Å². The van der Waals surface area contributed by atoms with E-state index in [9.17, 15) is 14.4 Å². The minimum absolute atomic E-state index is 0.0674. The van der Waals surface area contributed by atoms with Crippen molar-refractivity contribution in [3.8, 4) is 0 Å². The number of hydrogen-bond acceptors (Lipinski definition) is 6. The molecular weight excluding hydrogens is 576 g/mol. The lowest BCUT2D eigenvalue weighted by molar-refractivity contribution is -0.167. The van der Waals surface area contributed by atoms with E-state index in [1.54, 1.807) is 0 Å². The molecule has 0 unspecified atom stereocenters. The molecule has 0 amide bonds. The highest BCUT2D eigenvalue weighted by Crippen LogP contribution is 2.15. The molecule has 0 radical (unpaired) electrons. The van der Waals surface area contributed by atoms with E-state index < -0.39 is 6.10 Å². The van der Waals surface area contributed by atoms with Crippen LogP contribution in [0.4, 0.5) is 0 Å². The van der Waals surface area contributed by atoms with E-state index in [1.807, 2.05) is 0 Å². The summed E-state index contributed by atoms with van der Waals surface area (Å²) in [5, 5.41) is 0. The molecule has 0 N–H and O–H groups in total. The Morgan fingerprint density at radius 2 is 0.717 bits per heavy atom. The van der Waals surface area contributed by atoms with Gasteiger partial charge in [0.1, 0.15) is 13.2 Å². The summed E-state index contributed by atoms with van der Waals surface area (Å²) in [7, 11) is 0. The van der Waals surface area contributed by atoms with Gasteiger partial charge in [0.05, 0.1) is 0 Å². The SMILES string of the molecule is CCCCCCCCCC(=O)O[C@@H](COC(=O)CCCCCCCCCCCC(C)C)COC(=O)CCCCCCCCC(C)C. The van der Waals surface area contributed by atoms with Crippen LogP contribution in [0.1, 0.15) is 208 Å². The lowest BCUT2D eigenvalue weighted by Gasteiger charge is -2.18. The van der Waals surface area contributed by atoms with Crippen molar-refractivity contribution in [3.63, 3.8) is 0 Å². The summed E-state index contributed by atoms with van der Waals surface area (Å²) in [5.74, 6) is 0.694. The van der Waals surface area contributed by atoms with Crippen LogP contribution in [-0.2, 0) is 28.6 Å². The third-order valence-electron chi connectivity index (χ3n) is 8.72. The topological polar surface area (TPSA) is 78.9 Å². The van der Waals surface area contributed by atoms with Gasteiger partial charge < -0.3 is 14.2 Å². The van der Waals surface area contributed by atoms with Crippen molar-refractivity contribution in [1.29, 1.82) is 0 Å². The van der Waals surface area contributed by atoms with Crippen LogP contribution in [0.25, 0.3) is 0 Å². The molecule has 0 fully saturated rings. The van der Waals surface area contributed by atoms with Gasteiger partial charge in [0.15, 0.2) is 6.10 Å². The Morgan fingerprint density at radius 1 is 0.413 bits per heavy atom. The van der Waals surface area contributed by atoms with Crippen LogP contribution < -0.4 is 0 Å². The average molecular weight is 653 g/mol. The summed E-state index contributed by atoms with van der Waals surface area (Å²) < 4.78 is 16.5. The molecule has 0 aliphatic rings. The molecule has 0 aromatic rings. The third kappa shape index (κ3) is 33.8. The normalized spacial score (nSPS) is 12.1. The highest BCUT2D eigenvalue weighted by Gasteiger charge is 2.19. The number of ether oxygens (including phenoxy) is 3. The summed E-state index contributed by atoms with van der Waals surface area (Å²) in [6, 6.07) is 0. The largest absolute Gasteiger partial charge is 0.462 e. The van der Waals surface area contributed by atoms with Gasteiger partial charge in [-0.1, -0.05) is 169 Å². The molecule has 0 aromatic heterocycles. The van der Waals surface area contributed by atoms with Crippen LogP contribution in [0, 0.1) is 11.8 Å². The lowest BCUT2D eigenvalue weighted by atomic mass is 10.0. The second-order valence-corrected chi connectivity index (χ2v) is 14.5. The smallest absolute Gasteiger partial charge is 0.306 e. The maximum atomic E-state index is 12.5.